The van der Waals surface area contributed by atoms with E-state index in [9.17, 15) is 13.6 Å². The molecule has 1 heterocycles. The predicted octanol–water partition coefficient (Wildman–Crippen LogP) is 2.19. The predicted molar refractivity (Wildman–Crippen MR) is 53.2 cm³/mol. The third-order valence-corrected chi connectivity index (χ3v) is 2.32. The number of alkyl halides is 3. The molecule has 0 fully saturated rings. The van der Waals surface area contributed by atoms with E-state index in [1.165, 1.54) is 6.07 Å². The molecular formula is C8H7BrF2N2O2. The first-order valence-corrected chi connectivity index (χ1v) is 4.96. The highest BCUT2D eigenvalue weighted by Gasteiger charge is 2.20. The van der Waals surface area contributed by atoms with Crippen molar-refractivity contribution in [2.75, 3.05) is 5.73 Å². The van der Waals surface area contributed by atoms with Crippen LogP contribution in [-0.4, -0.2) is 16.1 Å². The van der Waals surface area contributed by atoms with E-state index >= 15 is 0 Å². The zero-order valence-electron chi connectivity index (χ0n) is 7.38. The lowest BCUT2D eigenvalue weighted by Crippen LogP contribution is -2.10. The molecular weight excluding hydrogens is 274 g/mol. The standard InChI is InChI=1S/C8H7BrF2N2O2/c9-2-3-1-4(12)6(8(14)15)13-5(3)7(10)11/h1,7H,2,12H2,(H,14,15). The fraction of sp³-hybridized carbons (Fsp3) is 0.250. The maximum absolute atomic E-state index is 12.5. The van der Waals surface area contributed by atoms with Gasteiger partial charge < -0.3 is 10.8 Å². The summed E-state index contributed by atoms with van der Waals surface area (Å²) in [6, 6.07) is 1.19. The van der Waals surface area contributed by atoms with Gasteiger partial charge in [-0.1, -0.05) is 15.9 Å². The summed E-state index contributed by atoms with van der Waals surface area (Å²) in [4.78, 5) is 13.9. The van der Waals surface area contributed by atoms with Gasteiger partial charge in [0.2, 0.25) is 0 Å². The third-order valence-electron chi connectivity index (χ3n) is 1.72. The Bertz CT molecular complexity index is 398. The molecule has 7 heteroatoms. The Kier molecular flexibility index (Phi) is 3.57. The van der Waals surface area contributed by atoms with E-state index in [0.717, 1.165) is 0 Å². The molecule has 0 atom stereocenters. The molecule has 0 aliphatic heterocycles. The lowest BCUT2D eigenvalue weighted by atomic mass is 10.1. The quantitative estimate of drug-likeness (QED) is 0.833. The minimum atomic E-state index is -2.82. The van der Waals surface area contributed by atoms with Crippen LogP contribution in [0.5, 0.6) is 0 Å². The molecule has 0 spiro atoms. The van der Waals surface area contributed by atoms with Gasteiger partial charge in [0.25, 0.3) is 6.43 Å². The van der Waals surface area contributed by atoms with E-state index in [-0.39, 0.29) is 16.6 Å². The molecule has 15 heavy (non-hydrogen) atoms. The first-order chi connectivity index (χ1) is 6.97. The number of nitrogens with two attached hydrogens (primary N) is 1. The van der Waals surface area contributed by atoms with Crippen LogP contribution in [0.1, 0.15) is 28.2 Å². The van der Waals surface area contributed by atoms with Gasteiger partial charge in [-0.2, -0.15) is 0 Å². The Morgan fingerprint density at radius 1 is 1.67 bits per heavy atom. The first kappa shape index (κ1) is 11.8. The fourth-order valence-corrected chi connectivity index (χ4v) is 1.50. The summed E-state index contributed by atoms with van der Waals surface area (Å²) in [5.41, 5.74) is 4.32. The molecule has 0 saturated carbocycles. The normalized spacial score (nSPS) is 10.7. The van der Waals surface area contributed by atoms with Crippen molar-refractivity contribution in [3.8, 4) is 0 Å². The summed E-state index contributed by atoms with van der Waals surface area (Å²) in [7, 11) is 0. The van der Waals surface area contributed by atoms with E-state index in [2.05, 4.69) is 20.9 Å². The number of aromatic nitrogens is 1. The molecule has 0 aliphatic carbocycles. The Morgan fingerprint density at radius 2 is 2.27 bits per heavy atom. The highest BCUT2D eigenvalue weighted by molar-refractivity contribution is 9.08. The van der Waals surface area contributed by atoms with E-state index in [1.54, 1.807) is 0 Å². The van der Waals surface area contributed by atoms with Gasteiger partial charge in [0.15, 0.2) is 5.69 Å². The van der Waals surface area contributed by atoms with Gasteiger partial charge >= 0.3 is 5.97 Å². The lowest BCUT2D eigenvalue weighted by molar-refractivity contribution is 0.0690. The average molecular weight is 281 g/mol. The fourth-order valence-electron chi connectivity index (χ4n) is 1.05. The van der Waals surface area contributed by atoms with Crippen LogP contribution in [0.4, 0.5) is 14.5 Å². The molecule has 0 radical (unpaired) electrons. The van der Waals surface area contributed by atoms with Crippen molar-refractivity contribution in [2.24, 2.45) is 0 Å². The number of hydrogen-bond acceptors (Lipinski definition) is 3. The minimum absolute atomic E-state index is 0.124. The molecule has 0 bridgehead atoms. The second-order valence-corrected chi connectivity index (χ2v) is 3.27. The molecule has 0 amide bonds. The maximum atomic E-state index is 12.5. The maximum Gasteiger partial charge on any atom is 0.356 e. The summed E-state index contributed by atoms with van der Waals surface area (Å²) in [6.45, 7) is 0. The molecule has 1 aromatic rings. The smallest absolute Gasteiger partial charge is 0.356 e. The van der Waals surface area contributed by atoms with Crippen molar-refractivity contribution in [1.29, 1.82) is 0 Å². The van der Waals surface area contributed by atoms with Crippen LogP contribution in [-0.2, 0) is 5.33 Å². The van der Waals surface area contributed by atoms with E-state index in [4.69, 9.17) is 10.8 Å². The summed E-state index contributed by atoms with van der Waals surface area (Å²) < 4.78 is 24.9. The van der Waals surface area contributed by atoms with Crippen molar-refractivity contribution < 1.29 is 18.7 Å². The number of pyridine rings is 1. The van der Waals surface area contributed by atoms with Gasteiger partial charge in [-0.25, -0.2) is 18.6 Å². The monoisotopic (exact) mass is 280 g/mol. The molecule has 4 nitrogen and oxygen atoms in total. The number of carboxylic acids is 1. The van der Waals surface area contributed by atoms with E-state index < -0.39 is 23.8 Å². The summed E-state index contributed by atoms with van der Waals surface area (Å²) >= 11 is 3.00. The molecule has 0 aromatic carbocycles. The second kappa shape index (κ2) is 4.52. The molecule has 0 aliphatic rings. The highest BCUT2D eigenvalue weighted by atomic mass is 79.9. The largest absolute Gasteiger partial charge is 0.476 e. The summed E-state index contributed by atoms with van der Waals surface area (Å²) in [5, 5.41) is 8.78. The molecule has 82 valence electrons. The number of carbonyl (C=O) groups is 1. The number of hydrogen-bond donors (Lipinski definition) is 2. The van der Waals surface area contributed by atoms with Crippen molar-refractivity contribution in [3.63, 3.8) is 0 Å². The second-order valence-electron chi connectivity index (χ2n) is 2.71. The lowest BCUT2D eigenvalue weighted by Gasteiger charge is -2.08. The number of halogens is 3. The van der Waals surface area contributed by atoms with Crippen molar-refractivity contribution in [2.45, 2.75) is 11.8 Å². The van der Waals surface area contributed by atoms with Gasteiger partial charge in [-0.3, -0.25) is 0 Å². The van der Waals surface area contributed by atoms with E-state index in [0.29, 0.717) is 0 Å². The molecule has 1 aromatic heterocycles. The number of nitrogen functional groups attached to an aromatic ring is 1. The SMILES string of the molecule is Nc1cc(CBr)c(C(F)F)nc1C(=O)O. The zero-order chi connectivity index (χ0) is 11.6. The van der Waals surface area contributed by atoms with Crippen LogP contribution in [0, 0.1) is 0 Å². The topological polar surface area (TPSA) is 76.2 Å². The van der Waals surface area contributed by atoms with Crippen LogP contribution < -0.4 is 5.73 Å². The zero-order valence-corrected chi connectivity index (χ0v) is 8.96. The van der Waals surface area contributed by atoms with Crippen LogP contribution in [0.3, 0.4) is 0 Å². The van der Waals surface area contributed by atoms with Gasteiger partial charge in [0.1, 0.15) is 5.69 Å². The highest BCUT2D eigenvalue weighted by Crippen LogP contribution is 2.26. The van der Waals surface area contributed by atoms with Crippen LogP contribution in [0.15, 0.2) is 6.07 Å². The number of nitrogens with zero attached hydrogens (tertiary/aromatic N) is 1. The Labute approximate surface area is 92.2 Å². The number of anilines is 1. The number of rotatable bonds is 3. The molecule has 0 unspecified atom stereocenters. The Hall–Kier alpha value is -1.24. The van der Waals surface area contributed by atoms with Gasteiger partial charge in [0, 0.05) is 5.33 Å². The van der Waals surface area contributed by atoms with Crippen molar-refractivity contribution in [3.05, 3.63) is 23.0 Å². The molecule has 3 N–H and O–H groups in total. The summed E-state index contributed by atoms with van der Waals surface area (Å²) in [5.74, 6) is -1.42. The third kappa shape index (κ3) is 2.41. The van der Waals surface area contributed by atoms with Crippen LogP contribution in [0.25, 0.3) is 0 Å². The molecule has 0 saturated heterocycles. The number of carboxylic acid groups (broad SMARTS) is 1. The van der Waals surface area contributed by atoms with E-state index in [1.807, 2.05) is 0 Å². The first-order valence-electron chi connectivity index (χ1n) is 3.84. The van der Waals surface area contributed by atoms with Crippen LogP contribution in [0.2, 0.25) is 0 Å². The van der Waals surface area contributed by atoms with Gasteiger partial charge in [-0.05, 0) is 11.6 Å². The number of aromatic carboxylic acids is 1. The Balaban J connectivity index is 3.37. The van der Waals surface area contributed by atoms with Gasteiger partial charge in [-0.15, -0.1) is 0 Å². The van der Waals surface area contributed by atoms with Crippen molar-refractivity contribution >= 4 is 27.6 Å². The van der Waals surface area contributed by atoms with Crippen LogP contribution >= 0.6 is 15.9 Å². The summed E-state index contributed by atoms with van der Waals surface area (Å²) in [6.07, 6.45) is -2.82. The minimum Gasteiger partial charge on any atom is -0.476 e. The average Bonchev–Trinajstić information content (AvgIpc) is 2.16. The van der Waals surface area contributed by atoms with Crippen molar-refractivity contribution in [1.82, 2.24) is 4.98 Å². The molecule has 1 rings (SSSR count). The van der Waals surface area contributed by atoms with Gasteiger partial charge in [0.05, 0.1) is 5.69 Å². The Morgan fingerprint density at radius 3 is 2.67 bits per heavy atom.